The minimum atomic E-state index is -4.68. The topological polar surface area (TPSA) is 130 Å². The number of benzene rings is 2. The van der Waals surface area contributed by atoms with E-state index in [0.29, 0.717) is 67.9 Å². The van der Waals surface area contributed by atoms with E-state index in [-0.39, 0.29) is 17.2 Å². The minimum Gasteiger partial charge on any atom is -0.458 e. The van der Waals surface area contributed by atoms with Crippen molar-refractivity contribution in [3.05, 3.63) is 71.4 Å². The SMILES string of the molecule is CC/C=C(\C=C(/N)C(=O)NCCN1CCOCC1)Oc1ccc2c(c1)nc(Nc1cc(C(F)(F)F)ccc1F)n2C#N. The lowest BCUT2D eigenvalue weighted by molar-refractivity contribution is -0.137. The van der Waals surface area contributed by atoms with Crippen LogP contribution < -0.4 is 21.1 Å². The van der Waals surface area contributed by atoms with Gasteiger partial charge < -0.3 is 25.8 Å². The summed E-state index contributed by atoms with van der Waals surface area (Å²) < 4.78 is 65.9. The number of allylic oxidation sites excluding steroid dienone is 2. The molecule has 1 aliphatic heterocycles. The number of aromatic nitrogens is 2. The molecule has 1 amide bonds. The lowest BCUT2D eigenvalue weighted by Crippen LogP contribution is -2.42. The number of amides is 1. The van der Waals surface area contributed by atoms with Crippen LogP contribution in [0.25, 0.3) is 11.0 Å². The number of nitriles is 1. The molecule has 42 heavy (non-hydrogen) atoms. The van der Waals surface area contributed by atoms with Gasteiger partial charge in [0.2, 0.25) is 5.95 Å². The average molecular weight is 588 g/mol. The van der Waals surface area contributed by atoms with Gasteiger partial charge in [0.25, 0.3) is 5.91 Å². The maximum Gasteiger partial charge on any atom is 0.416 e. The first kappa shape index (κ1) is 30.4. The zero-order valence-electron chi connectivity index (χ0n) is 22.7. The Kier molecular flexibility index (Phi) is 9.66. The van der Waals surface area contributed by atoms with Crippen LogP contribution in [0.15, 0.2) is 60.0 Å². The highest BCUT2D eigenvalue weighted by Gasteiger charge is 2.31. The lowest BCUT2D eigenvalue weighted by Gasteiger charge is -2.26. The predicted molar refractivity (Wildman–Crippen MR) is 147 cm³/mol. The summed E-state index contributed by atoms with van der Waals surface area (Å²) in [5.41, 5.74) is 4.95. The number of nitrogens with two attached hydrogens (primary N) is 1. The van der Waals surface area contributed by atoms with E-state index in [1.165, 1.54) is 18.2 Å². The highest BCUT2D eigenvalue weighted by Crippen LogP contribution is 2.33. The number of carbonyl (C=O) groups excluding carboxylic acids is 1. The molecular weight excluding hydrogens is 558 g/mol. The van der Waals surface area contributed by atoms with Crippen LogP contribution in [0.2, 0.25) is 0 Å². The zero-order chi connectivity index (χ0) is 30.3. The molecule has 0 bridgehead atoms. The fourth-order valence-corrected chi connectivity index (χ4v) is 4.17. The number of rotatable bonds is 10. The van der Waals surface area contributed by atoms with Crippen molar-refractivity contribution < 1.29 is 31.8 Å². The number of nitrogens with one attached hydrogen (secondary N) is 2. The van der Waals surface area contributed by atoms with Gasteiger partial charge in [0, 0.05) is 38.3 Å². The molecule has 1 fully saturated rings. The number of hydrogen-bond acceptors (Lipinski definition) is 8. The molecule has 10 nitrogen and oxygen atoms in total. The maximum absolute atomic E-state index is 14.3. The maximum atomic E-state index is 14.3. The van der Waals surface area contributed by atoms with Gasteiger partial charge in [-0.15, -0.1) is 0 Å². The van der Waals surface area contributed by atoms with Crippen molar-refractivity contribution in [3.63, 3.8) is 0 Å². The molecule has 2 heterocycles. The summed E-state index contributed by atoms with van der Waals surface area (Å²) in [7, 11) is 0. The van der Waals surface area contributed by atoms with Crippen molar-refractivity contribution in [3.8, 4) is 11.9 Å². The zero-order valence-corrected chi connectivity index (χ0v) is 22.7. The number of fused-ring (bicyclic) bond motifs is 1. The van der Waals surface area contributed by atoms with Crippen molar-refractivity contribution in [2.75, 3.05) is 44.7 Å². The molecule has 0 radical (unpaired) electrons. The summed E-state index contributed by atoms with van der Waals surface area (Å²) in [5.74, 6) is -1.01. The Hall–Kier alpha value is -4.61. The first-order valence-corrected chi connectivity index (χ1v) is 13.1. The third-order valence-corrected chi connectivity index (χ3v) is 6.28. The molecule has 0 atom stereocenters. The summed E-state index contributed by atoms with van der Waals surface area (Å²) in [6.45, 7) is 5.88. The van der Waals surface area contributed by atoms with Crippen molar-refractivity contribution in [1.82, 2.24) is 19.8 Å². The Labute approximate surface area is 239 Å². The molecule has 0 aliphatic carbocycles. The molecule has 2 aromatic carbocycles. The van der Waals surface area contributed by atoms with Gasteiger partial charge in [-0.2, -0.15) is 18.4 Å². The number of alkyl halides is 3. The first-order valence-electron chi connectivity index (χ1n) is 13.1. The number of halogens is 4. The Morgan fingerprint density at radius 1 is 1.24 bits per heavy atom. The van der Waals surface area contributed by atoms with E-state index in [0.717, 1.165) is 17.7 Å². The van der Waals surface area contributed by atoms with Gasteiger partial charge in [0.05, 0.1) is 35.5 Å². The largest absolute Gasteiger partial charge is 0.458 e. The third kappa shape index (κ3) is 7.56. The van der Waals surface area contributed by atoms with Crippen LogP contribution >= 0.6 is 0 Å². The molecule has 4 N–H and O–H groups in total. The van der Waals surface area contributed by atoms with Gasteiger partial charge in [0.15, 0.2) is 6.19 Å². The number of imidazole rings is 1. The fraction of sp³-hybridized carbons (Fsp3) is 0.321. The second kappa shape index (κ2) is 13.4. The Morgan fingerprint density at radius 3 is 2.69 bits per heavy atom. The van der Waals surface area contributed by atoms with Gasteiger partial charge in [-0.3, -0.25) is 9.69 Å². The van der Waals surface area contributed by atoms with E-state index < -0.39 is 29.2 Å². The molecule has 0 saturated carbocycles. The van der Waals surface area contributed by atoms with Crippen molar-refractivity contribution >= 4 is 28.6 Å². The van der Waals surface area contributed by atoms with E-state index in [4.69, 9.17) is 15.2 Å². The second-order valence-corrected chi connectivity index (χ2v) is 9.27. The summed E-state index contributed by atoms with van der Waals surface area (Å²) in [6, 6.07) is 6.46. The molecule has 222 valence electrons. The van der Waals surface area contributed by atoms with Crippen LogP contribution in [0.4, 0.5) is 29.2 Å². The van der Waals surface area contributed by atoms with Crippen LogP contribution in [0, 0.1) is 17.3 Å². The Morgan fingerprint density at radius 2 is 2.00 bits per heavy atom. The summed E-state index contributed by atoms with van der Waals surface area (Å²) in [4.78, 5) is 18.9. The highest BCUT2D eigenvalue weighted by molar-refractivity contribution is 5.92. The number of ether oxygens (including phenoxy) is 2. The average Bonchev–Trinajstić information content (AvgIpc) is 3.30. The smallest absolute Gasteiger partial charge is 0.416 e. The molecule has 4 rings (SSSR count). The van der Waals surface area contributed by atoms with E-state index in [2.05, 4.69) is 20.5 Å². The fourth-order valence-electron chi connectivity index (χ4n) is 4.17. The van der Waals surface area contributed by atoms with Crippen LogP contribution in [-0.4, -0.2) is 59.8 Å². The van der Waals surface area contributed by atoms with Gasteiger partial charge in [0.1, 0.15) is 23.0 Å². The molecule has 0 unspecified atom stereocenters. The molecule has 3 aromatic rings. The van der Waals surface area contributed by atoms with Crippen LogP contribution in [0.5, 0.6) is 5.75 Å². The Balaban J connectivity index is 1.49. The van der Waals surface area contributed by atoms with Crippen molar-refractivity contribution in [1.29, 1.82) is 5.26 Å². The number of morpholine rings is 1. The number of carbonyl (C=O) groups is 1. The lowest BCUT2D eigenvalue weighted by atomic mass is 10.2. The van der Waals surface area contributed by atoms with Crippen molar-refractivity contribution in [2.45, 2.75) is 19.5 Å². The summed E-state index contributed by atoms with van der Waals surface area (Å²) >= 11 is 0. The quantitative estimate of drug-likeness (QED) is 0.139. The monoisotopic (exact) mass is 587 g/mol. The molecule has 1 aromatic heterocycles. The molecule has 0 spiro atoms. The van der Waals surface area contributed by atoms with E-state index in [9.17, 15) is 27.6 Å². The summed E-state index contributed by atoms with van der Waals surface area (Å²) in [6.07, 6.45) is 0.876. The predicted octanol–water partition coefficient (Wildman–Crippen LogP) is 4.23. The Bertz CT molecular complexity index is 1540. The van der Waals surface area contributed by atoms with Gasteiger partial charge in [-0.1, -0.05) is 6.92 Å². The van der Waals surface area contributed by atoms with Gasteiger partial charge >= 0.3 is 6.18 Å². The van der Waals surface area contributed by atoms with Crippen molar-refractivity contribution in [2.24, 2.45) is 5.73 Å². The molecule has 1 saturated heterocycles. The molecular formula is C28H29F4N7O3. The van der Waals surface area contributed by atoms with E-state index in [1.54, 1.807) is 12.1 Å². The first-order chi connectivity index (χ1) is 20.1. The number of nitrogens with zero attached hydrogens (tertiary/aromatic N) is 4. The van der Waals surface area contributed by atoms with Crippen LogP contribution in [0.1, 0.15) is 18.9 Å². The third-order valence-electron chi connectivity index (χ3n) is 6.28. The van der Waals surface area contributed by atoms with Gasteiger partial charge in [-0.05, 0) is 42.8 Å². The van der Waals surface area contributed by atoms with Crippen LogP contribution in [0.3, 0.4) is 0 Å². The van der Waals surface area contributed by atoms with Crippen LogP contribution in [-0.2, 0) is 15.7 Å². The number of hydrogen-bond donors (Lipinski definition) is 3. The van der Waals surface area contributed by atoms with Gasteiger partial charge in [-0.25, -0.2) is 13.9 Å². The molecule has 1 aliphatic rings. The van der Waals surface area contributed by atoms with E-state index in [1.807, 2.05) is 13.1 Å². The second-order valence-electron chi connectivity index (χ2n) is 9.27. The minimum absolute atomic E-state index is 0.0545. The number of anilines is 2. The molecule has 14 heteroatoms. The highest BCUT2D eigenvalue weighted by atomic mass is 19.4. The standard InChI is InChI=1S/C28H29F4N7O3/c1-2-3-19(15-22(34)26(40)35-8-9-38-10-12-41-13-11-38)42-20-5-7-25-24(16-20)37-27(39(25)17-33)36-23-14-18(28(30,31)32)4-6-21(23)29/h3-7,14-16H,2,8-13,34H2,1H3,(H,35,40)(H,36,37)/b19-3+,22-15-. The summed E-state index contributed by atoms with van der Waals surface area (Å²) in [5, 5.41) is 14.9. The normalized spacial score (nSPS) is 15.0. The van der Waals surface area contributed by atoms with E-state index >= 15 is 0 Å².